The van der Waals surface area contributed by atoms with Crippen LogP contribution in [0.2, 0.25) is 0 Å². The normalized spacial score (nSPS) is 14.3. The third-order valence-electron chi connectivity index (χ3n) is 4.86. The van der Waals surface area contributed by atoms with Crippen molar-refractivity contribution in [2.45, 2.75) is 45.6 Å². The van der Waals surface area contributed by atoms with Crippen LogP contribution in [0.4, 0.5) is 15.8 Å². The van der Waals surface area contributed by atoms with Gasteiger partial charge in [-0.05, 0) is 43.2 Å². The molecule has 2 aromatic rings. The van der Waals surface area contributed by atoms with Gasteiger partial charge in [0.25, 0.3) is 5.91 Å². The molecule has 8 heteroatoms. The van der Waals surface area contributed by atoms with Gasteiger partial charge < -0.3 is 16.0 Å². The maximum atomic E-state index is 14.2. The number of amides is 3. The van der Waals surface area contributed by atoms with E-state index in [1.54, 1.807) is 12.1 Å². The number of nitrogens with one attached hydrogen (secondary N) is 3. The van der Waals surface area contributed by atoms with E-state index in [1.165, 1.54) is 36.5 Å². The molecule has 0 atom stereocenters. The zero-order valence-corrected chi connectivity index (χ0v) is 17.0. The lowest BCUT2D eigenvalue weighted by Gasteiger charge is -2.21. The second-order valence-corrected chi connectivity index (χ2v) is 8.32. The summed E-state index contributed by atoms with van der Waals surface area (Å²) < 4.78 is 14.2. The lowest BCUT2D eigenvalue weighted by atomic mass is 9.88. The highest BCUT2D eigenvalue weighted by atomic mass is 32.1. The summed E-state index contributed by atoms with van der Waals surface area (Å²) in [5, 5.41) is 8.07. The Labute approximate surface area is 172 Å². The molecule has 0 unspecified atom stereocenters. The number of halogens is 1. The third-order valence-corrected chi connectivity index (χ3v) is 5.94. The molecular weight excluding hydrogens is 393 g/mol. The molecule has 0 bridgehead atoms. The Kier molecular flexibility index (Phi) is 6.98. The minimum absolute atomic E-state index is 0.0656. The first-order valence-corrected chi connectivity index (χ1v) is 10.5. The van der Waals surface area contributed by atoms with Crippen LogP contribution in [0, 0.1) is 11.7 Å². The molecule has 1 fully saturated rings. The summed E-state index contributed by atoms with van der Waals surface area (Å²) in [5.74, 6) is -1.28. The fourth-order valence-electron chi connectivity index (χ4n) is 3.30. The molecule has 0 aliphatic heterocycles. The van der Waals surface area contributed by atoms with Crippen molar-refractivity contribution in [1.29, 1.82) is 0 Å². The summed E-state index contributed by atoms with van der Waals surface area (Å²) in [6.45, 7) is 1.79. The Morgan fingerprint density at radius 1 is 1.07 bits per heavy atom. The maximum absolute atomic E-state index is 14.2. The predicted octanol–water partition coefficient (Wildman–Crippen LogP) is 4.29. The first-order chi connectivity index (χ1) is 13.9. The topological polar surface area (TPSA) is 87.3 Å². The van der Waals surface area contributed by atoms with E-state index in [9.17, 15) is 18.8 Å². The molecule has 1 aromatic heterocycles. The van der Waals surface area contributed by atoms with Gasteiger partial charge in [-0.25, -0.2) is 4.39 Å². The van der Waals surface area contributed by atoms with Crippen molar-refractivity contribution < 1.29 is 18.8 Å². The van der Waals surface area contributed by atoms with Gasteiger partial charge in [0, 0.05) is 23.4 Å². The Bertz CT molecular complexity index is 906. The van der Waals surface area contributed by atoms with E-state index in [1.807, 2.05) is 0 Å². The van der Waals surface area contributed by atoms with E-state index < -0.39 is 5.82 Å². The van der Waals surface area contributed by atoms with Crippen LogP contribution in [0.5, 0.6) is 0 Å². The molecule has 0 radical (unpaired) electrons. The van der Waals surface area contributed by atoms with Crippen molar-refractivity contribution in [1.82, 2.24) is 5.32 Å². The summed E-state index contributed by atoms with van der Waals surface area (Å²) in [7, 11) is 0. The molecule has 6 nitrogen and oxygen atoms in total. The van der Waals surface area contributed by atoms with Crippen molar-refractivity contribution in [3.63, 3.8) is 0 Å². The molecule has 1 heterocycles. The zero-order valence-electron chi connectivity index (χ0n) is 16.2. The Morgan fingerprint density at radius 3 is 2.55 bits per heavy atom. The number of carbonyl (C=O) groups excluding carboxylic acids is 3. The molecule has 1 aliphatic carbocycles. The molecule has 29 heavy (non-hydrogen) atoms. The SMILES string of the molecule is CC(=O)NCc1ccc(C(=O)Nc2ccc(F)c(NC(=O)C3CCCCC3)c2)s1. The van der Waals surface area contributed by atoms with Crippen molar-refractivity contribution >= 4 is 40.4 Å². The molecule has 1 saturated carbocycles. The monoisotopic (exact) mass is 417 g/mol. The number of hydrogen-bond donors (Lipinski definition) is 3. The average molecular weight is 418 g/mol. The fourth-order valence-corrected chi connectivity index (χ4v) is 4.14. The smallest absolute Gasteiger partial charge is 0.265 e. The minimum atomic E-state index is -0.541. The molecular formula is C21H24FN3O3S. The third kappa shape index (κ3) is 5.87. The number of thiophene rings is 1. The van der Waals surface area contributed by atoms with Crippen molar-refractivity contribution in [3.05, 3.63) is 45.9 Å². The van der Waals surface area contributed by atoms with E-state index in [-0.39, 0.29) is 29.3 Å². The highest BCUT2D eigenvalue weighted by Gasteiger charge is 2.22. The maximum Gasteiger partial charge on any atom is 0.265 e. The highest BCUT2D eigenvalue weighted by molar-refractivity contribution is 7.14. The molecule has 0 saturated heterocycles. The Balaban J connectivity index is 1.63. The van der Waals surface area contributed by atoms with Crippen LogP contribution in [0.15, 0.2) is 30.3 Å². The van der Waals surface area contributed by atoms with E-state index in [4.69, 9.17) is 0 Å². The average Bonchev–Trinajstić information content (AvgIpc) is 3.19. The van der Waals surface area contributed by atoms with Crippen LogP contribution in [-0.4, -0.2) is 17.7 Å². The number of hydrogen-bond acceptors (Lipinski definition) is 4. The van der Waals surface area contributed by atoms with Crippen molar-refractivity contribution in [3.8, 4) is 0 Å². The Morgan fingerprint density at radius 2 is 1.83 bits per heavy atom. The fraction of sp³-hybridized carbons (Fsp3) is 0.381. The minimum Gasteiger partial charge on any atom is -0.351 e. The van der Waals surface area contributed by atoms with Crippen LogP contribution >= 0.6 is 11.3 Å². The first kappa shape index (κ1) is 21.0. The van der Waals surface area contributed by atoms with Gasteiger partial charge in [-0.2, -0.15) is 0 Å². The van der Waals surface area contributed by atoms with Crippen LogP contribution in [0.3, 0.4) is 0 Å². The predicted molar refractivity (Wildman–Crippen MR) is 111 cm³/mol. The second-order valence-electron chi connectivity index (χ2n) is 7.15. The van der Waals surface area contributed by atoms with Crippen molar-refractivity contribution in [2.75, 3.05) is 10.6 Å². The van der Waals surface area contributed by atoms with E-state index in [2.05, 4.69) is 16.0 Å². The summed E-state index contributed by atoms with van der Waals surface area (Å²) in [5.41, 5.74) is 0.461. The largest absolute Gasteiger partial charge is 0.351 e. The van der Waals surface area contributed by atoms with Crippen LogP contribution in [0.1, 0.15) is 53.6 Å². The lowest BCUT2D eigenvalue weighted by molar-refractivity contribution is -0.121. The number of carbonyl (C=O) groups is 3. The van der Waals surface area contributed by atoms with Crippen LogP contribution in [0.25, 0.3) is 0 Å². The number of rotatable bonds is 6. The van der Waals surface area contributed by atoms with Gasteiger partial charge in [-0.15, -0.1) is 11.3 Å². The standard InChI is InChI=1S/C21H24FN3O3S/c1-13(26)23-12-16-8-10-19(29-16)21(28)24-15-7-9-17(22)18(11-15)25-20(27)14-5-3-2-4-6-14/h7-11,14H,2-6,12H2,1H3,(H,23,26)(H,24,28)(H,25,27). The summed E-state index contributed by atoms with van der Waals surface area (Å²) >= 11 is 1.27. The molecule has 1 aliphatic rings. The molecule has 0 spiro atoms. The molecule has 3 rings (SSSR count). The van der Waals surface area contributed by atoms with Crippen molar-refractivity contribution in [2.24, 2.45) is 5.92 Å². The Hall–Kier alpha value is -2.74. The van der Waals surface area contributed by atoms with Gasteiger partial charge in [-0.1, -0.05) is 19.3 Å². The summed E-state index contributed by atoms with van der Waals surface area (Å²) in [6.07, 6.45) is 4.81. The van der Waals surface area contributed by atoms with Gasteiger partial charge >= 0.3 is 0 Å². The molecule has 154 valence electrons. The van der Waals surface area contributed by atoms with Gasteiger partial charge in [-0.3, -0.25) is 14.4 Å². The molecule has 1 aromatic carbocycles. The quantitative estimate of drug-likeness (QED) is 0.655. The van der Waals surface area contributed by atoms with E-state index in [0.29, 0.717) is 17.1 Å². The van der Waals surface area contributed by atoms with Crippen LogP contribution in [-0.2, 0) is 16.1 Å². The van der Waals surface area contributed by atoms with Crippen LogP contribution < -0.4 is 16.0 Å². The zero-order chi connectivity index (χ0) is 20.8. The van der Waals surface area contributed by atoms with Gasteiger partial charge in [0.05, 0.1) is 17.1 Å². The van der Waals surface area contributed by atoms with Gasteiger partial charge in [0.2, 0.25) is 11.8 Å². The van der Waals surface area contributed by atoms with E-state index in [0.717, 1.165) is 37.0 Å². The number of benzene rings is 1. The summed E-state index contributed by atoms with van der Waals surface area (Å²) in [6, 6.07) is 7.56. The van der Waals surface area contributed by atoms with Gasteiger partial charge in [0.15, 0.2) is 0 Å². The highest BCUT2D eigenvalue weighted by Crippen LogP contribution is 2.27. The first-order valence-electron chi connectivity index (χ1n) is 9.67. The molecule has 3 N–H and O–H groups in total. The van der Waals surface area contributed by atoms with E-state index >= 15 is 0 Å². The molecule has 3 amide bonds. The second kappa shape index (κ2) is 9.65. The van der Waals surface area contributed by atoms with Gasteiger partial charge in [0.1, 0.15) is 5.82 Å². The summed E-state index contributed by atoms with van der Waals surface area (Å²) in [4.78, 5) is 37.2. The lowest BCUT2D eigenvalue weighted by Crippen LogP contribution is -2.25. The number of anilines is 2.